The molecular formula is C7H8OS2. The van der Waals surface area contributed by atoms with E-state index in [-0.39, 0.29) is 0 Å². The fourth-order valence-corrected chi connectivity index (χ4v) is 1.91. The number of aryl methyl sites for hydroxylation is 1. The Morgan fingerprint density at radius 1 is 1.30 bits per heavy atom. The topological polar surface area (TPSA) is 20.2 Å². The fourth-order valence-electron chi connectivity index (χ4n) is 0.690. The summed E-state index contributed by atoms with van der Waals surface area (Å²) in [5.41, 5.74) is 1.20. The van der Waals surface area contributed by atoms with Crippen LogP contribution < -0.4 is 0 Å². The number of rotatable bonds is 2. The molecule has 1 nitrogen and oxygen atoms in total. The summed E-state index contributed by atoms with van der Waals surface area (Å²) in [6, 6.07) is 7.97. The second-order valence-electron chi connectivity index (χ2n) is 1.92. The van der Waals surface area contributed by atoms with Crippen molar-refractivity contribution in [2.45, 2.75) is 11.8 Å². The average molecular weight is 172 g/mol. The van der Waals surface area contributed by atoms with Crippen molar-refractivity contribution >= 4 is 21.9 Å². The van der Waals surface area contributed by atoms with E-state index in [1.54, 1.807) is 0 Å². The maximum atomic E-state index is 8.52. The highest BCUT2D eigenvalue weighted by atomic mass is 33.1. The number of benzene rings is 1. The van der Waals surface area contributed by atoms with Crippen LogP contribution in [0.25, 0.3) is 0 Å². The zero-order valence-corrected chi connectivity index (χ0v) is 7.21. The van der Waals surface area contributed by atoms with Crippen molar-refractivity contribution in [3.05, 3.63) is 29.8 Å². The molecule has 0 saturated heterocycles. The van der Waals surface area contributed by atoms with E-state index in [1.165, 1.54) is 16.4 Å². The lowest BCUT2D eigenvalue weighted by atomic mass is 10.2. The number of hydrogen-bond acceptors (Lipinski definition) is 3. The molecule has 0 unspecified atom stereocenters. The van der Waals surface area contributed by atoms with Crippen molar-refractivity contribution in [2.24, 2.45) is 0 Å². The summed E-state index contributed by atoms with van der Waals surface area (Å²) in [4.78, 5) is 1.12. The van der Waals surface area contributed by atoms with E-state index < -0.39 is 0 Å². The molecule has 0 fully saturated rings. The van der Waals surface area contributed by atoms with Gasteiger partial charge in [-0.2, -0.15) is 0 Å². The highest BCUT2D eigenvalue weighted by molar-refractivity contribution is 8.74. The maximum absolute atomic E-state index is 8.52. The van der Waals surface area contributed by atoms with Gasteiger partial charge in [0.2, 0.25) is 0 Å². The molecule has 1 aromatic rings. The molecule has 10 heavy (non-hydrogen) atoms. The van der Waals surface area contributed by atoms with E-state index in [4.69, 9.17) is 4.55 Å². The van der Waals surface area contributed by atoms with Crippen molar-refractivity contribution in [1.82, 2.24) is 0 Å². The molecule has 0 amide bonds. The van der Waals surface area contributed by atoms with Crippen molar-refractivity contribution in [3.8, 4) is 0 Å². The second kappa shape index (κ2) is 3.91. The van der Waals surface area contributed by atoms with Crippen LogP contribution >= 0.6 is 21.9 Å². The summed E-state index contributed by atoms with van der Waals surface area (Å²) >= 11 is 0.786. The maximum Gasteiger partial charge on any atom is 0.0646 e. The van der Waals surface area contributed by atoms with Crippen LogP contribution in [0, 0.1) is 6.92 Å². The van der Waals surface area contributed by atoms with Gasteiger partial charge in [0.05, 0.1) is 11.1 Å². The lowest BCUT2D eigenvalue weighted by molar-refractivity contribution is 0.676. The standard InChI is InChI=1S/C7H8OS2/c1-6-4-2-3-5-7(6)9-10-8/h2-5,8H,1H3. The van der Waals surface area contributed by atoms with Crippen molar-refractivity contribution < 1.29 is 4.55 Å². The smallest absolute Gasteiger partial charge is 0.0646 e. The summed E-state index contributed by atoms with van der Waals surface area (Å²) in [6.45, 7) is 2.03. The quantitative estimate of drug-likeness (QED) is 0.546. The predicted octanol–water partition coefficient (Wildman–Crippen LogP) is 3.21. The molecule has 0 atom stereocenters. The third-order valence-corrected chi connectivity index (χ3v) is 2.70. The Morgan fingerprint density at radius 3 is 2.60 bits per heavy atom. The molecule has 0 aliphatic heterocycles. The molecule has 0 aliphatic rings. The van der Waals surface area contributed by atoms with Gasteiger partial charge in [0, 0.05) is 4.90 Å². The summed E-state index contributed by atoms with van der Waals surface area (Å²) < 4.78 is 8.52. The summed E-state index contributed by atoms with van der Waals surface area (Å²) in [5.74, 6) is 0. The van der Waals surface area contributed by atoms with Crippen LogP contribution in [0.3, 0.4) is 0 Å². The molecule has 0 bridgehead atoms. The van der Waals surface area contributed by atoms with E-state index in [1.807, 2.05) is 31.2 Å². The van der Waals surface area contributed by atoms with Crippen molar-refractivity contribution in [1.29, 1.82) is 0 Å². The third kappa shape index (κ3) is 1.94. The minimum Gasteiger partial charge on any atom is -0.320 e. The van der Waals surface area contributed by atoms with Crippen molar-refractivity contribution in [3.63, 3.8) is 0 Å². The Kier molecular flexibility index (Phi) is 3.12. The zero-order chi connectivity index (χ0) is 7.40. The fraction of sp³-hybridized carbons (Fsp3) is 0.143. The first-order valence-corrected chi connectivity index (χ1v) is 4.99. The first-order chi connectivity index (χ1) is 4.84. The van der Waals surface area contributed by atoms with Crippen LogP contribution in [0.4, 0.5) is 0 Å². The molecule has 3 heteroatoms. The molecule has 0 spiro atoms. The Hall–Kier alpha value is -0.120. The lowest BCUT2D eigenvalue weighted by Crippen LogP contribution is -1.73. The van der Waals surface area contributed by atoms with Gasteiger partial charge in [-0.15, -0.1) is 0 Å². The minimum atomic E-state index is 0.786. The molecule has 0 heterocycles. The predicted molar refractivity (Wildman–Crippen MR) is 47.3 cm³/mol. The Balaban J connectivity index is 2.81. The van der Waals surface area contributed by atoms with Gasteiger partial charge in [0.15, 0.2) is 0 Å². The Bertz CT molecular complexity index is 213. The van der Waals surface area contributed by atoms with Crippen LogP contribution in [-0.4, -0.2) is 4.55 Å². The van der Waals surface area contributed by atoms with Gasteiger partial charge in [0.1, 0.15) is 0 Å². The first kappa shape index (κ1) is 7.98. The summed E-state index contributed by atoms with van der Waals surface area (Å²) in [6.07, 6.45) is 0. The van der Waals surface area contributed by atoms with E-state index in [0.29, 0.717) is 0 Å². The van der Waals surface area contributed by atoms with Crippen molar-refractivity contribution in [2.75, 3.05) is 0 Å². The molecule has 0 aromatic heterocycles. The van der Waals surface area contributed by atoms with Gasteiger partial charge in [-0.25, -0.2) is 0 Å². The molecule has 54 valence electrons. The highest BCUT2D eigenvalue weighted by Crippen LogP contribution is 2.30. The molecule has 0 saturated carbocycles. The Labute approximate surface area is 68.4 Å². The molecule has 0 aliphatic carbocycles. The monoisotopic (exact) mass is 172 g/mol. The van der Waals surface area contributed by atoms with Crippen LogP contribution in [0.15, 0.2) is 29.2 Å². The van der Waals surface area contributed by atoms with Gasteiger partial charge < -0.3 is 4.55 Å². The third-order valence-electron chi connectivity index (χ3n) is 1.22. The first-order valence-electron chi connectivity index (χ1n) is 2.88. The van der Waals surface area contributed by atoms with Crippen LogP contribution in [0.5, 0.6) is 0 Å². The van der Waals surface area contributed by atoms with Crippen LogP contribution in [-0.2, 0) is 0 Å². The van der Waals surface area contributed by atoms with Gasteiger partial charge >= 0.3 is 0 Å². The van der Waals surface area contributed by atoms with Crippen LogP contribution in [0.1, 0.15) is 5.56 Å². The SMILES string of the molecule is Cc1ccccc1SSO. The largest absolute Gasteiger partial charge is 0.320 e. The average Bonchev–Trinajstić information content (AvgIpc) is 1.94. The molecular weight excluding hydrogens is 164 g/mol. The van der Waals surface area contributed by atoms with E-state index in [9.17, 15) is 0 Å². The van der Waals surface area contributed by atoms with Gasteiger partial charge in [-0.1, -0.05) is 18.2 Å². The molecule has 0 radical (unpaired) electrons. The van der Waals surface area contributed by atoms with Gasteiger partial charge in [-0.3, -0.25) is 0 Å². The minimum absolute atomic E-state index is 0.786. The highest BCUT2D eigenvalue weighted by Gasteiger charge is 1.95. The second-order valence-corrected chi connectivity index (χ2v) is 3.63. The van der Waals surface area contributed by atoms with Gasteiger partial charge in [-0.05, 0) is 29.3 Å². The van der Waals surface area contributed by atoms with E-state index in [0.717, 1.165) is 16.0 Å². The van der Waals surface area contributed by atoms with E-state index >= 15 is 0 Å². The van der Waals surface area contributed by atoms with Gasteiger partial charge in [0.25, 0.3) is 0 Å². The van der Waals surface area contributed by atoms with Crippen LogP contribution in [0.2, 0.25) is 0 Å². The molecule has 1 rings (SSSR count). The number of hydrogen-bond donors (Lipinski definition) is 1. The summed E-state index contributed by atoms with van der Waals surface area (Å²) in [5, 5.41) is 0. The lowest BCUT2D eigenvalue weighted by Gasteiger charge is -1.98. The van der Waals surface area contributed by atoms with E-state index in [2.05, 4.69) is 0 Å². The zero-order valence-electron chi connectivity index (χ0n) is 5.57. The molecule has 1 aromatic carbocycles. The molecule has 1 N–H and O–H groups in total. The summed E-state index contributed by atoms with van der Waals surface area (Å²) in [7, 11) is 1.37. The normalized spacial score (nSPS) is 9.80. The Morgan fingerprint density at radius 2 is 2.00 bits per heavy atom.